The molecule has 0 fully saturated rings. The molecule has 0 saturated carbocycles. The van der Waals surface area contributed by atoms with Crippen LogP contribution in [0.4, 0.5) is 5.69 Å². The normalized spacial score (nSPS) is 15.1. The molecule has 1 aromatic carbocycles. The number of carbonyl (C=O) groups excluding carboxylic acids is 1. The number of aryl methyl sites for hydroxylation is 1. The lowest BCUT2D eigenvalue weighted by Gasteiger charge is -2.33. The van der Waals surface area contributed by atoms with Crippen molar-refractivity contribution in [3.63, 3.8) is 0 Å². The number of fused-ring (bicyclic) bond motifs is 5. The first-order valence-corrected chi connectivity index (χ1v) is 12.4. The molecule has 0 aliphatic carbocycles. The van der Waals surface area contributed by atoms with E-state index in [1.165, 1.54) is 22.9 Å². The number of amides is 1. The second-order valence-electron chi connectivity index (χ2n) is 8.44. The highest BCUT2D eigenvalue weighted by molar-refractivity contribution is 8.00. The average molecular weight is 465 g/mol. The number of nitrogens with zero attached hydrogens (tertiary/aromatic N) is 3. The lowest BCUT2D eigenvalue weighted by molar-refractivity contribution is -0.113. The van der Waals surface area contributed by atoms with Gasteiger partial charge in [0.2, 0.25) is 5.91 Å². The van der Waals surface area contributed by atoms with Crippen LogP contribution in [0, 0.1) is 0 Å². The smallest absolute Gasteiger partial charge is 0.234 e. The van der Waals surface area contributed by atoms with E-state index in [4.69, 9.17) is 9.72 Å². The maximum absolute atomic E-state index is 12.4. The van der Waals surface area contributed by atoms with Gasteiger partial charge in [0.15, 0.2) is 0 Å². The highest BCUT2D eigenvalue weighted by Crippen LogP contribution is 2.42. The van der Waals surface area contributed by atoms with E-state index in [0.29, 0.717) is 6.61 Å². The SMILES string of the molecule is CCc1nc2sc3c(SCC(=O)Nc4ccccc4)ncnc3c2c2c1COC(C)(C)C2. The van der Waals surface area contributed by atoms with Crippen molar-refractivity contribution in [2.45, 2.75) is 50.8 Å². The number of benzene rings is 1. The quantitative estimate of drug-likeness (QED) is 0.315. The summed E-state index contributed by atoms with van der Waals surface area (Å²) in [4.78, 5) is 27.5. The molecule has 3 aromatic heterocycles. The zero-order valence-electron chi connectivity index (χ0n) is 18.3. The molecule has 4 heterocycles. The lowest BCUT2D eigenvalue weighted by atomic mass is 9.89. The molecule has 0 atom stereocenters. The summed E-state index contributed by atoms with van der Waals surface area (Å²) >= 11 is 3.05. The summed E-state index contributed by atoms with van der Waals surface area (Å²) in [6, 6.07) is 9.48. The number of para-hydroxylation sites is 1. The first-order chi connectivity index (χ1) is 15.4. The van der Waals surface area contributed by atoms with Crippen LogP contribution in [0.1, 0.15) is 37.6 Å². The predicted molar refractivity (Wildman–Crippen MR) is 130 cm³/mol. The molecular formula is C24H24N4O2S2. The van der Waals surface area contributed by atoms with Gasteiger partial charge in [0, 0.05) is 28.8 Å². The van der Waals surface area contributed by atoms with Crippen LogP contribution in [0.25, 0.3) is 20.4 Å². The zero-order valence-corrected chi connectivity index (χ0v) is 19.9. The first-order valence-electron chi connectivity index (χ1n) is 10.6. The first kappa shape index (κ1) is 21.3. The molecule has 6 nitrogen and oxygen atoms in total. The van der Waals surface area contributed by atoms with Gasteiger partial charge in [-0.25, -0.2) is 15.0 Å². The van der Waals surface area contributed by atoms with Gasteiger partial charge < -0.3 is 10.1 Å². The highest BCUT2D eigenvalue weighted by Gasteiger charge is 2.31. The Bertz CT molecular complexity index is 1320. The van der Waals surface area contributed by atoms with E-state index < -0.39 is 0 Å². The van der Waals surface area contributed by atoms with Gasteiger partial charge in [-0.1, -0.05) is 36.9 Å². The summed E-state index contributed by atoms with van der Waals surface area (Å²) in [6.45, 7) is 6.97. The maximum atomic E-state index is 12.4. The molecule has 0 bridgehead atoms. The summed E-state index contributed by atoms with van der Waals surface area (Å²) in [7, 11) is 0. The summed E-state index contributed by atoms with van der Waals surface area (Å²) in [5.74, 6) is 0.221. The van der Waals surface area contributed by atoms with Crippen molar-refractivity contribution in [2.24, 2.45) is 0 Å². The third-order valence-electron chi connectivity index (χ3n) is 5.61. The van der Waals surface area contributed by atoms with Gasteiger partial charge in [-0.05, 0) is 38.0 Å². The topological polar surface area (TPSA) is 77.0 Å². The second-order valence-corrected chi connectivity index (χ2v) is 10.4. The number of hydrogen-bond acceptors (Lipinski definition) is 7. The molecule has 1 amide bonds. The van der Waals surface area contributed by atoms with Crippen LogP contribution >= 0.6 is 23.1 Å². The molecule has 0 unspecified atom stereocenters. The maximum Gasteiger partial charge on any atom is 0.234 e. The van der Waals surface area contributed by atoms with Crippen LogP contribution in [-0.4, -0.2) is 32.2 Å². The summed E-state index contributed by atoms with van der Waals surface area (Å²) in [5.41, 5.74) is 5.09. The van der Waals surface area contributed by atoms with Gasteiger partial charge in [0.25, 0.3) is 0 Å². The third-order valence-corrected chi connectivity index (χ3v) is 7.81. The molecule has 0 saturated heterocycles. The van der Waals surface area contributed by atoms with Crippen molar-refractivity contribution < 1.29 is 9.53 Å². The fourth-order valence-electron chi connectivity index (χ4n) is 4.10. The van der Waals surface area contributed by atoms with Gasteiger partial charge in [0.05, 0.1) is 28.2 Å². The molecule has 0 radical (unpaired) electrons. The van der Waals surface area contributed by atoms with Crippen LogP contribution in [0.2, 0.25) is 0 Å². The number of thiophene rings is 1. The molecule has 32 heavy (non-hydrogen) atoms. The molecule has 1 N–H and O–H groups in total. The summed E-state index contributed by atoms with van der Waals surface area (Å²) < 4.78 is 7.08. The number of nitrogens with one attached hydrogen (secondary N) is 1. The number of rotatable bonds is 5. The van der Waals surface area contributed by atoms with E-state index >= 15 is 0 Å². The van der Waals surface area contributed by atoms with Crippen molar-refractivity contribution in [3.8, 4) is 0 Å². The van der Waals surface area contributed by atoms with Gasteiger partial charge in [-0.3, -0.25) is 4.79 Å². The molecule has 0 spiro atoms. The van der Waals surface area contributed by atoms with Crippen molar-refractivity contribution in [1.82, 2.24) is 15.0 Å². The Balaban J connectivity index is 1.51. The minimum absolute atomic E-state index is 0.0586. The van der Waals surface area contributed by atoms with Crippen molar-refractivity contribution in [1.29, 1.82) is 0 Å². The minimum atomic E-state index is -0.222. The fourth-order valence-corrected chi connectivity index (χ4v) is 6.15. The molecule has 1 aliphatic heterocycles. The van der Waals surface area contributed by atoms with E-state index in [1.54, 1.807) is 17.7 Å². The fraction of sp³-hybridized carbons (Fsp3) is 0.333. The van der Waals surface area contributed by atoms with Gasteiger partial charge in [0.1, 0.15) is 16.2 Å². The Labute approximate surface area is 194 Å². The van der Waals surface area contributed by atoms with E-state index in [1.807, 2.05) is 30.3 Å². The second kappa shape index (κ2) is 8.42. The third kappa shape index (κ3) is 3.98. The van der Waals surface area contributed by atoms with Gasteiger partial charge in [-0.15, -0.1) is 11.3 Å². The number of aromatic nitrogens is 3. The Hall–Kier alpha value is -2.55. The Morgan fingerprint density at radius 2 is 2.03 bits per heavy atom. The highest BCUT2D eigenvalue weighted by atomic mass is 32.2. The molecular weight excluding hydrogens is 440 g/mol. The number of ether oxygens (including phenoxy) is 1. The average Bonchev–Trinajstić information content (AvgIpc) is 3.16. The monoisotopic (exact) mass is 464 g/mol. The Morgan fingerprint density at radius 1 is 1.22 bits per heavy atom. The molecule has 8 heteroatoms. The number of pyridine rings is 1. The largest absolute Gasteiger partial charge is 0.370 e. The number of hydrogen-bond donors (Lipinski definition) is 1. The Morgan fingerprint density at radius 3 is 2.81 bits per heavy atom. The molecule has 164 valence electrons. The molecule has 4 aromatic rings. The van der Waals surface area contributed by atoms with Gasteiger partial charge >= 0.3 is 0 Å². The van der Waals surface area contributed by atoms with E-state index in [0.717, 1.165) is 49.7 Å². The number of anilines is 1. The van der Waals surface area contributed by atoms with E-state index in [9.17, 15) is 4.79 Å². The van der Waals surface area contributed by atoms with Gasteiger partial charge in [-0.2, -0.15) is 0 Å². The standard InChI is InChI=1S/C24H24N4O2S2/c1-4-17-16-11-30-24(2,3)10-15(16)19-20-21(32-22(19)28-17)23(26-13-25-20)31-12-18(29)27-14-8-6-5-7-9-14/h5-9,13H,4,10-12H2,1-3H3,(H,27,29). The van der Waals surface area contributed by atoms with Crippen LogP contribution in [0.5, 0.6) is 0 Å². The van der Waals surface area contributed by atoms with Crippen molar-refractivity contribution in [3.05, 3.63) is 53.5 Å². The van der Waals surface area contributed by atoms with Crippen LogP contribution in [0.3, 0.4) is 0 Å². The van der Waals surface area contributed by atoms with Crippen molar-refractivity contribution >= 4 is 55.1 Å². The lowest BCUT2D eigenvalue weighted by Crippen LogP contribution is -2.32. The number of carbonyl (C=O) groups is 1. The predicted octanol–water partition coefficient (Wildman–Crippen LogP) is 5.38. The minimum Gasteiger partial charge on any atom is -0.370 e. The van der Waals surface area contributed by atoms with Crippen LogP contribution in [-0.2, 0) is 29.0 Å². The number of thioether (sulfide) groups is 1. The van der Waals surface area contributed by atoms with Crippen LogP contribution < -0.4 is 5.32 Å². The molecule has 5 rings (SSSR count). The molecule has 1 aliphatic rings. The Kier molecular flexibility index (Phi) is 5.61. The summed E-state index contributed by atoms with van der Waals surface area (Å²) in [5, 5.41) is 4.86. The van der Waals surface area contributed by atoms with E-state index in [-0.39, 0.29) is 17.3 Å². The van der Waals surface area contributed by atoms with Crippen LogP contribution in [0.15, 0.2) is 41.7 Å². The summed E-state index contributed by atoms with van der Waals surface area (Å²) in [6.07, 6.45) is 3.28. The zero-order chi connectivity index (χ0) is 22.3. The van der Waals surface area contributed by atoms with E-state index in [2.05, 4.69) is 36.1 Å². The van der Waals surface area contributed by atoms with Crippen molar-refractivity contribution in [2.75, 3.05) is 11.1 Å².